The van der Waals surface area contributed by atoms with E-state index in [-0.39, 0.29) is 10.8 Å². The average Bonchev–Trinajstić information content (AvgIpc) is 3.06. The van der Waals surface area contributed by atoms with Crippen molar-refractivity contribution in [2.45, 2.75) is 11.4 Å². The van der Waals surface area contributed by atoms with Gasteiger partial charge in [-0.2, -0.15) is 4.31 Å². The van der Waals surface area contributed by atoms with Gasteiger partial charge in [-0.25, -0.2) is 8.42 Å². The van der Waals surface area contributed by atoms with Crippen molar-refractivity contribution < 1.29 is 17.9 Å². The fourth-order valence-corrected chi connectivity index (χ4v) is 5.68. The van der Waals surface area contributed by atoms with E-state index in [2.05, 4.69) is 15.9 Å². The number of thiophene rings is 1. The number of sulfonamides is 1. The zero-order chi connectivity index (χ0) is 18.7. The third-order valence-electron chi connectivity index (χ3n) is 4.06. The van der Waals surface area contributed by atoms with E-state index >= 15 is 0 Å². The summed E-state index contributed by atoms with van der Waals surface area (Å²) in [5.41, 5.74) is 0.359. The van der Waals surface area contributed by atoms with Crippen LogP contribution in [0.3, 0.4) is 0 Å². The number of carbonyl (C=O) groups is 1. The van der Waals surface area contributed by atoms with E-state index in [1.807, 2.05) is 12.1 Å². The topological polar surface area (TPSA) is 66.9 Å². The van der Waals surface area contributed by atoms with Gasteiger partial charge in [-0.3, -0.25) is 4.79 Å². The molecular formula is C17H19BrN2O4S2. The summed E-state index contributed by atoms with van der Waals surface area (Å²) in [6.07, 6.45) is 0. The zero-order valence-corrected chi connectivity index (χ0v) is 17.4. The molecular weight excluding hydrogens is 440 g/mol. The van der Waals surface area contributed by atoms with E-state index in [4.69, 9.17) is 4.74 Å². The Kier molecular flexibility index (Phi) is 6.13. The molecule has 0 spiro atoms. The van der Waals surface area contributed by atoms with Crippen LogP contribution >= 0.6 is 27.3 Å². The molecule has 1 fully saturated rings. The summed E-state index contributed by atoms with van der Waals surface area (Å²) in [5.74, 6) is -0.214. The number of nitrogens with zero attached hydrogens (tertiary/aromatic N) is 2. The van der Waals surface area contributed by atoms with Gasteiger partial charge >= 0.3 is 0 Å². The summed E-state index contributed by atoms with van der Waals surface area (Å²) in [5, 5.41) is 0. The van der Waals surface area contributed by atoms with Crippen LogP contribution in [0, 0.1) is 0 Å². The van der Waals surface area contributed by atoms with Gasteiger partial charge in [0.15, 0.2) is 0 Å². The molecule has 2 heterocycles. The Morgan fingerprint density at radius 2 is 2.00 bits per heavy atom. The number of benzene rings is 1. The largest absolute Gasteiger partial charge is 0.379 e. The summed E-state index contributed by atoms with van der Waals surface area (Å²) in [6.45, 7) is 1.89. The minimum atomic E-state index is -3.62. The van der Waals surface area contributed by atoms with Crippen molar-refractivity contribution in [2.24, 2.45) is 0 Å². The van der Waals surface area contributed by atoms with E-state index in [9.17, 15) is 13.2 Å². The third kappa shape index (κ3) is 4.34. The zero-order valence-electron chi connectivity index (χ0n) is 14.2. The number of rotatable bonds is 5. The number of morpholine rings is 1. The van der Waals surface area contributed by atoms with Gasteiger partial charge in [-0.05, 0) is 46.3 Å². The highest BCUT2D eigenvalue weighted by molar-refractivity contribution is 9.11. The van der Waals surface area contributed by atoms with Crippen LogP contribution in [-0.2, 0) is 21.3 Å². The number of ether oxygens (including phenoxy) is 1. The Bertz CT molecular complexity index is 892. The molecule has 0 unspecified atom stereocenters. The monoisotopic (exact) mass is 458 g/mol. The van der Waals surface area contributed by atoms with Crippen molar-refractivity contribution in [2.75, 3.05) is 33.4 Å². The molecule has 1 aliphatic heterocycles. The predicted molar refractivity (Wildman–Crippen MR) is 104 cm³/mol. The van der Waals surface area contributed by atoms with E-state index in [0.29, 0.717) is 38.4 Å². The van der Waals surface area contributed by atoms with Gasteiger partial charge < -0.3 is 9.64 Å². The van der Waals surface area contributed by atoms with Crippen LogP contribution in [0.4, 0.5) is 0 Å². The molecule has 6 nitrogen and oxygen atoms in total. The van der Waals surface area contributed by atoms with Gasteiger partial charge in [0.25, 0.3) is 5.91 Å². The fourth-order valence-electron chi connectivity index (χ4n) is 2.69. The number of halogens is 1. The van der Waals surface area contributed by atoms with Crippen LogP contribution in [0.15, 0.2) is 45.1 Å². The van der Waals surface area contributed by atoms with E-state index in [1.165, 1.54) is 16.4 Å². The summed E-state index contributed by atoms with van der Waals surface area (Å²) in [7, 11) is -1.91. The standard InChI is InChI=1S/C17H19BrN2O4S2/c1-19(12-14-5-6-16(18)25-14)17(21)13-3-2-4-15(11-13)26(22,23)20-7-9-24-10-8-20/h2-6,11H,7-10,12H2,1H3. The maximum Gasteiger partial charge on any atom is 0.253 e. The molecule has 26 heavy (non-hydrogen) atoms. The number of hydrogen-bond donors (Lipinski definition) is 0. The molecule has 140 valence electrons. The Morgan fingerprint density at radius 3 is 2.65 bits per heavy atom. The van der Waals surface area contributed by atoms with Crippen molar-refractivity contribution in [3.63, 3.8) is 0 Å². The Balaban J connectivity index is 1.78. The van der Waals surface area contributed by atoms with Crippen LogP contribution in [-0.4, -0.2) is 56.9 Å². The molecule has 1 saturated heterocycles. The van der Waals surface area contributed by atoms with E-state index in [1.54, 1.807) is 35.4 Å². The van der Waals surface area contributed by atoms with Crippen LogP contribution in [0.25, 0.3) is 0 Å². The molecule has 1 aliphatic rings. The summed E-state index contributed by atoms with van der Waals surface area (Å²) < 4.78 is 33.2. The molecule has 3 rings (SSSR count). The summed E-state index contributed by atoms with van der Waals surface area (Å²) in [4.78, 5) is 15.5. The van der Waals surface area contributed by atoms with Gasteiger partial charge in [0.05, 0.1) is 28.4 Å². The van der Waals surface area contributed by atoms with E-state index < -0.39 is 10.0 Å². The van der Waals surface area contributed by atoms with Gasteiger partial charge in [0.2, 0.25) is 10.0 Å². The first-order valence-corrected chi connectivity index (χ1v) is 11.1. The normalized spacial score (nSPS) is 15.8. The van der Waals surface area contributed by atoms with Crippen LogP contribution in [0.2, 0.25) is 0 Å². The first-order valence-electron chi connectivity index (χ1n) is 8.05. The van der Waals surface area contributed by atoms with Gasteiger partial charge in [-0.1, -0.05) is 6.07 Å². The lowest BCUT2D eigenvalue weighted by molar-refractivity contribution is 0.0730. The molecule has 1 amide bonds. The van der Waals surface area contributed by atoms with Gasteiger partial charge in [-0.15, -0.1) is 11.3 Å². The second kappa shape index (κ2) is 8.18. The number of amides is 1. The first-order chi connectivity index (χ1) is 12.4. The highest BCUT2D eigenvalue weighted by atomic mass is 79.9. The minimum Gasteiger partial charge on any atom is -0.379 e. The molecule has 0 N–H and O–H groups in total. The van der Waals surface area contributed by atoms with Crippen LogP contribution < -0.4 is 0 Å². The lowest BCUT2D eigenvalue weighted by Crippen LogP contribution is -2.40. The molecule has 0 saturated carbocycles. The summed E-state index contributed by atoms with van der Waals surface area (Å²) in [6, 6.07) is 10.1. The lowest BCUT2D eigenvalue weighted by atomic mass is 10.2. The maximum absolute atomic E-state index is 12.8. The first kappa shape index (κ1) is 19.5. The van der Waals surface area contributed by atoms with Crippen molar-refractivity contribution in [1.29, 1.82) is 0 Å². The SMILES string of the molecule is CN(Cc1ccc(Br)s1)C(=O)c1cccc(S(=O)(=O)N2CCOCC2)c1. The molecule has 2 aromatic rings. The van der Waals surface area contributed by atoms with Gasteiger partial charge in [0.1, 0.15) is 0 Å². The van der Waals surface area contributed by atoms with Crippen molar-refractivity contribution in [3.8, 4) is 0 Å². The third-order valence-corrected chi connectivity index (χ3v) is 7.56. The highest BCUT2D eigenvalue weighted by Gasteiger charge is 2.27. The van der Waals surface area contributed by atoms with Crippen LogP contribution in [0.5, 0.6) is 0 Å². The highest BCUT2D eigenvalue weighted by Crippen LogP contribution is 2.24. The number of carbonyl (C=O) groups excluding carboxylic acids is 1. The average molecular weight is 459 g/mol. The van der Waals surface area contributed by atoms with Crippen molar-refractivity contribution in [1.82, 2.24) is 9.21 Å². The smallest absolute Gasteiger partial charge is 0.253 e. The van der Waals surface area contributed by atoms with Crippen molar-refractivity contribution >= 4 is 43.2 Å². The Hall–Kier alpha value is -1.26. The second-order valence-electron chi connectivity index (χ2n) is 5.91. The molecule has 0 aliphatic carbocycles. The molecule has 0 atom stereocenters. The molecule has 1 aromatic heterocycles. The lowest BCUT2D eigenvalue weighted by Gasteiger charge is -2.26. The summed E-state index contributed by atoms with van der Waals surface area (Å²) >= 11 is 4.97. The molecule has 0 bridgehead atoms. The number of hydrogen-bond acceptors (Lipinski definition) is 5. The predicted octanol–water partition coefficient (Wildman–Crippen LogP) is 2.80. The fraction of sp³-hybridized carbons (Fsp3) is 0.353. The minimum absolute atomic E-state index is 0.137. The van der Waals surface area contributed by atoms with E-state index in [0.717, 1.165) is 8.66 Å². The Labute approximate surface area is 165 Å². The van der Waals surface area contributed by atoms with Crippen LogP contribution in [0.1, 0.15) is 15.2 Å². The molecule has 9 heteroatoms. The molecule has 0 radical (unpaired) electrons. The Morgan fingerprint density at radius 1 is 1.27 bits per heavy atom. The van der Waals surface area contributed by atoms with Crippen molar-refractivity contribution in [3.05, 3.63) is 50.6 Å². The quantitative estimate of drug-likeness (QED) is 0.690. The maximum atomic E-state index is 12.8. The molecule has 1 aromatic carbocycles. The second-order valence-corrected chi connectivity index (χ2v) is 10.4. The van der Waals surface area contributed by atoms with Gasteiger partial charge in [0, 0.05) is 30.6 Å².